The second-order valence-electron chi connectivity index (χ2n) is 6.34. The summed E-state index contributed by atoms with van der Waals surface area (Å²) in [7, 11) is 0. The fourth-order valence-corrected chi connectivity index (χ4v) is 3.77. The number of aromatic nitrogens is 4. The summed E-state index contributed by atoms with van der Waals surface area (Å²) in [4.78, 5) is 20.5. The summed E-state index contributed by atoms with van der Waals surface area (Å²) in [5.74, 6) is -0.0616. The predicted molar refractivity (Wildman–Crippen MR) is 109 cm³/mol. The molecule has 0 saturated heterocycles. The summed E-state index contributed by atoms with van der Waals surface area (Å²) >= 11 is 1.33. The van der Waals surface area contributed by atoms with Gasteiger partial charge in [-0.1, -0.05) is 49.0 Å². The quantitative estimate of drug-likeness (QED) is 0.506. The minimum atomic E-state index is -0.297. The molecule has 1 atom stereocenters. The van der Waals surface area contributed by atoms with Gasteiger partial charge < -0.3 is 10.3 Å². The van der Waals surface area contributed by atoms with Crippen LogP contribution in [0.4, 0.5) is 5.69 Å². The second kappa shape index (κ2) is 7.36. The largest absolute Gasteiger partial charge is 0.338 e. The fraction of sp³-hybridized carbons (Fsp3) is 0.200. The first-order valence-corrected chi connectivity index (χ1v) is 9.67. The number of aryl methyl sites for hydroxylation is 1. The van der Waals surface area contributed by atoms with Gasteiger partial charge in [0.1, 0.15) is 5.52 Å². The average molecular weight is 377 g/mol. The number of aromatic amines is 1. The van der Waals surface area contributed by atoms with Crippen LogP contribution < -0.4 is 5.32 Å². The highest BCUT2D eigenvalue weighted by molar-refractivity contribution is 8.00. The van der Waals surface area contributed by atoms with E-state index in [4.69, 9.17) is 0 Å². The number of carbonyl (C=O) groups is 1. The molecular weight excluding hydrogens is 358 g/mol. The number of hydrogen-bond acceptors (Lipinski definition) is 5. The monoisotopic (exact) mass is 377 g/mol. The van der Waals surface area contributed by atoms with Crippen LogP contribution in [-0.4, -0.2) is 31.3 Å². The number of thioether (sulfide) groups is 1. The van der Waals surface area contributed by atoms with Gasteiger partial charge in [0.2, 0.25) is 11.1 Å². The summed E-state index contributed by atoms with van der Waals surface area (Å²) in [6.07, 6.45) is 0.663. The van der Waals surface area contributed by atoms with E-state index in [-0.39, 0.29) is 11.2 Å². The van der Waals surface area contributed by atoms with Crippen LogP contribution in [0.15, 0.2) is 53.7 Å². The van der Waals surface area contributed by atoms with Crippen LogP contribution in [0.1, 0.15) is 18.9 Å². The van der Waals surface area contributed by atoms with Crippen LogP contribution in [0.2, 0.25) is 0 Å². The smallest absolute Gasteiger partial charge is 0.237 e. The molecule has 0 spiro atoms. The number of amides is 1. The van der Waals surface area contributed by atoms with Gasteiger partial charge in [0.15, 0.2) is 5.65 Å². The van der Waals surface area contributed by atoms with Gasteiger partial charge in [-0.2, -0.15) is 0 Å². The summed E-state index contributed by atoms with van der Waals surface area (Å²) in [5, 5.41) is 12.7. The molecule has 0 aliphatic rings. The standard InChI is InChI=1S/C20H19N5OS/c1-3-16(19(26)21-13-8-6-7-12(2)11-13)27-20-23-18-17(24-25-20)14-9-4-5-10-15(14)22-18/h4-11,16H,3H2,1-2H3,(H,21,26)(H,22,23,25). The molecule has 0 fully saturated rings. The highest BCUT2D eigenvalue weighted by Crippen LogP contribution is 2.27. The van der Waals surface area contributed by atoms with E-state index in [1.807, 2.05) is 62.4 Å². The zero-order valence-corrected chi connectivity index (χ0v) is 15.9. The van der Waals surface area contributed by atoms with Gasteiger partial charge in [-0.15, -0.1) is 10.2 Å². The van der Waals surface area contributed by atoms with Gasteiger partial charge in [0.05, 0.1) is 5.25 Å². The zero-order chi connectivity index (χ0) is 18.8. The van der Waals surface area contributed by atoms with Gasteiger partial charge in [0.25, 0.3) is 0 Å². The van der Waals surface area contributed by atoms with Gasteiger partial charge in [0, 0.05) is 16.6 Å². The number of nitrogens with one attached hydrogen (secondary N) is 2. The highest BCUT2D eigenvalue weighted by atomic mass is 32.2. The van der Waals surface area contributed by atoms with E-state index in [0.717, 1.165) is 27.7 Å². The van der Waals surface area contributed by atoms with Gasteiger partial charge in [-0.25, -0.2) is 4.98 Å². The zero-order valence-electron chi connectivity index (χ0n) is 15.1. The molecule has 6 nitrogen and oxygen atoms in total. The molecule has 2 aromatic carbocycles. The Balaban J connectivity index is 1.55. The minimum absolute atomic E-state index is 0.0616. The molecular formula is C20H19N5OS. The third-order valence-electron chi connectivity index (χ3n) is 4.30. The van der Waals surface area contributed by atoms with Crippen LogP contribution >= 0.6 is 11.8 Å². The number of H-pyrrole nitrogens is 1. The number of carbonyl (C=O) groups excluding carboxylic acids is 1. The normalized spacial score (nSPS) is 12.4. The number of nitrogens with zero attached hydrogens (tertiary/aromatic N) is 3. The van der Waals surface area contributed by atoms with Crippen molar-refractivity contribution >= 4 is 45.4 Å². The number of hydrogen-bond donors (Lipinski definition) is 2. The van der Waals surface area contributed by atoms with E-state index >= 15 is 0 Å². The first-order chi connectivity index (χ1) is 13.1. The number of para-hydroxylation sites is 1. The Morgan fingerprint density at radius 1 is 1.19 bits per heavy atom. The summed E-state index contributed by atoms with van der Waals surface area (Å²) in [6, 6.07) is 15.6. The molecule has 0 bridgehead atoms. The molecule has 2 N–H and O–H groups in total. The van der Waals surface area contributed by atoms with Crippen molar-refractivity contribution in [3.63, 3.8) is 0 Å². The Hall–Kier alpha value is -2.93. The molecule has 1 unspecified atom stereocenters. The molecule has 136 valence electrons. The summed E-state index contributed by atoms with van der Waals surface area (Å²) in [5.41, 5.74) is 4.30. The van der Waals surface area contributed by atoms with Crippen molar-refractivity contribution in [2.75, 3.05) is 5.32 Å². The molecule has 7 heteroatoms. The minimum Gasteiger partial charge on any atom is -0.338 e. The van der Waals surface area contributed by atoms with Crippen molar-refractivity contribution in [3.05, 3.63) is 54.1 Å². The molecule has 0 aliphatic carbocycles. The molecule has 1 amide bonds. The molecule has 0 aliphatic heterocycles. The van der Waals surface area contributed by atoms with Gasteiger partial charge >= 0.3 is 0 Å². The number of rotatable bonds is 5. The molecule has 4 aromatic rings. The SMILES string of the molecule is CCC(Sc1nnc2c(n1)[nH]c1ccccc12)C(=O)Nc1cccc(C)c1. The lowest BCUT2D eigenvalue weighted by Crippen LogP contribution is -2.24. The highest BCUT2D eigenvalue weighted by Gasteiger charge is 2.20. The third kappa shape index (κ3) is 3.64. The first kappa shape index (κ1) is 17.5. The van der Waals surface area contributed by atoms with Crippen molar-refractivity contribution in [3.8, 4) is 0 Å². The van der Waals surface area contributed by atoms with Crippen LogP contribution in [0.5, 0.6) is 0 Å². The first-order valence-electron chi connectivity index (χ1n) is 8.79. The van der Waals surface area contributed by atoms with E-state index in [1.165, 1.54) is 11.8 Å². The Kier molecular flexibility index (Phi) is 4.77. The van der Waals surface area contributed by atoms with E-state index < -0.39 is 0 Å². The Bertz CT molecular complexity index is 1120. The molecule has 0 saturated carbocycles. The van der Waals surface area contributed by atoms with Gasteiger partial charge in [-0.05, 0) is 37.1 Å². The van der Waals surface area contributed by atoms with E-state index in [1.54, 1.807) is 0 Å². The predicted octanol–water partition coefficient (Wildman–Crippen LogP) is 4.32. The lowest BCUT2D eigenvalue weighted by Gasteiger charge is -2.13. The van der Waals surface area contributed by atoms with Crippen LogP contribution in [0.3, 0.4) is 0 Å². The van der Waals surface area contributed by atoms with Crippen molar-refractivity contribution in [1.29, 1.82) is 0 Å². The van der Waals surface area contributed by atoms with Crippen molar-refractivity contribution in [2.24, 2.45) is 0 Å². The molecule has 0 radical (unpaired) electrons. The Morgan fingerprint density at radius 2 is 2.04 bits per heavy atom. The van der Waals surface area contributed by atoms with Crippen LogP contribution in [0.25, 0.3) is 22.1 Å². The number of benzene rings is 2. The third-order valence-corrected chi connectivity index (χ3v) is 5.51. The van der Waals surface area contributed by atoms with Crippen molar-refractivity contribution in [2.45, 2.75) is 30.7 Å². The van der Waals surface area contributed by atoms with E-state index in [2.05, 4.69) is 25.5 Å². The summed E-state index contributed by atoms with van der Waals surface area (Å²) < 4.78 is 0. The Labute approximate surface area is 160 Å². The second-order valence-corrected chi connectivity index (χ2v) is 7.51. The lowest BCUT2D eigenvalue weighted by molar-refractivity contribution is -0.115. The number of fused-ring (bicyclic) bond motifs is 3. The van der Waals surface area contributed by atoms with E-state index in [9.17, 15) is 4.79 Å². The molecule has 4 rings (SSSR count). The van der Waals surface area contributed by atoms with Crippen LogP contribution in [-0.2, 0) is 4.79 Å². The number of anilines is 1. The van der Waals surface area contributed by atoms with Gasteiger partial charge in [-0.3, -0.25) is 4.79 Å². The average Bonchev–Trinajstić information content (AvgIpc) is 3.03. The maximum Gasteiger partial charge on any atom is 0.237 e. The molecule has 2 aromatic heterocycles. The molecule has 27 heavy (non-hydrogen) atoms. The summed E-state index contributed by atoms with van der Waals surface area (Å²) in [6.45, 7) is 3.97. The van der Waals surface area contributed by atoms with Crippen molar-refractivity contribution in [1.82, 2.24) is 20.2 Å². The topological polar surface area (TPSA) is 83.6 Å². The van der Waals surface area contributed by atoms with Crippen molar-refractivity contribution < 1.29 is 4.79 Å². The molecule has 2 heterocycles. The maximum absolute atomic E-state index is 12.6. The fourth-order valence-electron chi connectivity index (χ4n) is 2.95. The lowest BCUT2D eigenvalue weighted by atomic mass is 10.2. The maximum atomic E-state index is 12.6. The Morgan fingerprint density at radius 3 is 2.85 bits per heavy atom. The van der Waals surface area contributed by atoms with Crippen LogP contribution in [0, 0.1) is 6.92 Å². The van der Waals surface area contributed by atoms with E-state index in [0.29, 0.717) is 17.2 Å².